The van der Waals surface area contributed by atoms with E-state index < -0.39 is 0 Å². The molecule has 0 spiro atoms. The van der Waals surface area contributed by atoms with E-state index in [0.717, 1.165) is 23.9 Å². The first kappa shape index (κ1) is 21.1. The molecule has 0 aliphatic carbocycles. The van der Waals surface area contributed by atoms with Crippen molar-refractivity contribution >= 4 is 34.3 Å². The fourth-order valence-electron chi connectivity index (χ4n) is 3.26. The molecule has 3 rings (SSSR count). The molecular weight excluding hydrogens is 386 g/mol. The summed E-state index contributed by atoms with van der Waals surface area (Å²) < 4.78 is 3.57. The van der Waals surface area contributed by atoms with Gasteiger partial charge in [-0.15, -0.1) is 10.2 Å². The van der Waals surface area contributed by atoms with Gasteiger partial charge in [0.25, 0.3) is 5.56 Å². The second kappa shape index (κ2) is 9.26. The van der Waals surface area contributed by atoms with Crippen LogP contribution in [0.4, 0.5) is 0 Å². The number of hydrogen-bond acceptors (Lipinski definition) is 5. The van der Waals surface area contributed by atoms with Gasteiger partial charge in [-0.2, -0.15) is 0 Å². The van der Waals surface area contributed by atoms with Crippen LogP contribution in [0.1, 0.15) is 33.6 Å². The lowest BCUT2D eigenvalue weighted by atomic mass is 10.2. The molecule has 0 bridgehead atoms. The molecule has 3 aromatic rings. The molecule has 0 N–H and O–H groups in total. The van der Waals surface area contributed by atoms with Crippen molar-refractivity contribution in [1.29, 1.82) is 0 Å². The first-order valence-electron chi connectivity index (χ1n) is 9.89. The molecule has 0 aliphatic heterocycles. The number of fused-ring (bicyclic) bond motifs is 3. The van der Waals surface area contributed by atoms with Gasteiger partial charge in [0.05, 0.1) is 16.7 Å². The number of rotatable bonds is 9. The predicted molar refractivity (Wildman–Crippen MR) is 117 cm³/mol. The number of aromatic nitrogens is 4. The highest BCUT2D eigenvalue weighted by Gasteiger charge is 2.19. The largest absolute Gasteiger partial charge is 0.338 e. The lowest BCUT2D eigenvalue weighted by Crippen LogP contribution is -2.33. The molecule has 2 aromatic heterocycles. The van der Waals surface area contributed by atoms with Gasteiger partial charge in [-0.3, -0.25) is 18.6 Å². The smallest absolute Gasteiger partial charge is 0.262 e. The molecular formula is C21H27N5O2S. The Morgan fingerprint density at radius 2 is 2.00 bits per heavy atom. The number of aryl methyl sites for hydroxylation is 1. The molecule has 0 unspecified atom stereocenters. The first-order valence-corrected chi connectivity index (χ1v) is 10.9. The fraction of sp³-hybridized carbons (Fsp3) is 0.429. The van der Waals surface area contributed by atoms with Crippen LogP contribution in [0, 0.1) is 0 Å². The minimum Gasteiger partial charge on any atom is -0.338 e. The SMILES string of the molecule is C=C(C)CN(CC)C(=O)CSc1nnc2n(CCCC)c(=O)c3ccccc3n12. The summed E-state index contributed by atoms with van der Waals surface area (Å²) >= 11 is 1.34. The highest BCUT2D eigenvalue weighted by atomic mass is 32.2. The van der Waals surface area contributed by atoms with E-state index in [-0.39, 0.29) is 17.2 Å². The van der Waals surface area contributed by atoms with Crippen molar-refractivity contribution in [2.75, 3.05) is 18.8 Å². The van der Waals surface area contributed by atoms with Gasteiger partial charge in [0, 0.05) is 19.6 Å². The molecule has 0 radical (unpaired) electrons. The third-order valence-corrected chi connectivity index (χ3v) is 5.65. The molecule has 1 amide bonds. The molecule has 7 nitrogen and oxygen atoms in total. The topological polar surface area (TPSA) is 72.5 Å². The minimum atomic E-state index is -0.0554. The number of likely N-dealkylation sites (N-methyl/N-ethyl adjacent to an activating group) is 1. The Bertz CT molecular complexity index is 1100. The number of amides is 1. The number of benzene rings is 1. The Morgan fingerprint density at radius 3 is 2.69 bits per heavy atom. The second-order valence-corrected chi connectivity index (χ2v) is 8.04. The molecule has 1 aromatic carbocycles. The number of thioether (sulfide) groups is 1. The van der Waals surface area contributed by atoms with Crippen LogP contribution in [0.25, 0.3) is 16.7 Å². The number of carbonyl (C=O) groups is 1. The number of hydrogen-bond donors (Lipinski definition) is 0. The summed E-state index contributed by atoms with van der Waals surface area (Å²) in [6.45, 7) is 11.6. The van der Waals surface area contributed by atoms with Gasteiger partial charge in [-0.25, -0.2) is 0 Å². The number of para-hydroxylation sites is 1. The predicted octanol–water partition coefficient (Wildman–Crippen LogP) is 3.36. The second-order valence-electron chi connectivity index (χ2n) is 7.10. The summed E-state index contributed by atoms with van der Waals surface area (Å²) in [7, 11) is 0. The van der Waals surface area contributed by atoms with E-state index in [1.54, 1.807) is 9.47 Å². The van der Waals surface area contributed by atoms with E-state index in [1.165, 1.54) is 11.8 Å². The van der Waals surface area contributed by atoms with Crippen LogP contribution in [0.3, 0.4) is 0 Å². The van der Waals surface area contributed by atoms with E-state index in [9.17, 15) is 9.59 Å². The highest BCUT2D eigenvalue weighted by Crippen LogP contribution is 2.22. The molecule has 0 saturated heterocycles. The average Bonchev–Trinajstić information content (AvgIpc) is 3.14. The molecule has 0 saturated carbocycles. The average molecular weight is 414 g/mol. The van der Waals surface area contributed by atoms with E-state index >= 15 is 0 Å². The quantitative estimate of drug-likeness (QED) is 0.397. The van der Waals surface area contributed by atoms with Crippen LogP contribution < -0.4 is 5.56 Å². The van der Waals surface area contributed by atoms with Gasteiger partial charge >= 0.3 is 0 Å². The lowest BCUT2D eigenvalue weighted by Gasteiger charge is -2.20. The van der Waals surface area contributed by atoms with Crippen molar-refractivity contribution in [2.24, 2.45) is 0 Å². The standard InChI is InChI=1S/C21H27N5O2S/c1-5-7-12-25-19(28)16-10-8-9-11-17(16)26-20(25)22-23-21(26)29-14-18(27)24(6-2)13-15(3)4/h8-11H,3,5-7,12-14H2,1-2,4H3. The van der Waals surface area contributed by atoms with Crippen molar-refractivity contribution in [3.8, 4) is 0 Å². The Labute approximate surface area is 174 Å². The van der Waals surface area contributed by atoms with Gasteiger partial charge in [-0.05, 0) is 32.4 Å². The maximum atomic E-state index is 13.0. The van der Waals surface area contributed by atoms with Crippen molar-refractivity contribution in [3.05, 3.63) is 46.8 Å². The highest BCUT2D eigenvalue weighted by molar-refractivity contribution is 7.99. The third-order valence-electron chi connectivity index (χ3n) is 4.73. The summed E-state index contributed by atoms with van der Waals surface area (Å²) in [6, 6.07) is 7.47. The van der Waals surface area contributed by atoms with Gasteiger partial charge < -0.3 is 4.90 Å². The number of nitrogens with zero attached hydrogens (tertiary/aromatic N) is 5. The van der Waals surface area contributed by atoms with Crippen molar-refractivity contribution in [2.45, 2.75) is 45.3 Å². The minimum absolute atomic E-state index is 0.0286. The summed E-state index contributed by atoms with van der Waals surface area (Å²) in [4.78, 5) is 27.4. The van der Waals surface area contributed by atoms with Crippen LogP contribution in [0.5, 0.6) is 0 Å². The Hall–Kier alpha value is -2.61. The van der Waals surface area contributed by atoms with Crippen molar-refractivity contribution < 1.29 is 4.79 Å². The molecule has 0 aliphatic rings. The van der Waals surface area contributed by atoms with E-state index in [4.69, 9.17) is 0 Å². The van der Waals surface area contributed by atoms with Crippen LogP contribution in [0.2, 0.25) is 0 Å². The number of unbranched alkanes of at least 4 members (excludes halogenated alkanes) is 1. The third kappa shape index (κ3) is 4.37. The van der Waals surface area contributed by atoms with Gasteiger partial charge in [-0.1, -0.05) is 49.4 Å². The van der Waals surface area contributed by atoms with Crippen LogP contribution in [-0.4, -0.2) is 48.8 Å². The lowest BCUT2D eigenvalue weighted by molar-refractivity contribution is -0.127. The monoisotopic (exact) mass is 413 g/mol. The molecule has 0 atom stereocenters. The summed E-state index contributed by atoms with van der Waals surface area (Å²) in [5.74, 6) is 0.803. The Morgan fingerprint density at radius 1 is 1.24 bits per heavy atom. The summed E-state index contributed by atoms with van der Waals surface area (Å²) in [6.07, 6.45) is 1.86. The van der Waals surface area contributed by atoms with Crippen molar-refractivity contribution in [3.63, 3.8) is 0 Å². The summed E-state index contributed by atoms with van der Waals surface area (Å²) in [5, 5.41) is 9.83. The van der Waals surface area contributed by atoms with Gasteiger partial charge in [0.1, 0.15) is 0 Å². The number of carbonyl (C=O) groups excluding carboxylic acids is 1. The van der Waals surface area contributed by atoms with Gasteiger partial charge in [0.15, 0.2) is 5.16 Å². The Kier molecular flexibility index (Phi) is 6.74. The zero-order chi connectivity index (χ0) is 21.0. The molecule has 2 heterocycles. The summed E-state index contributed by atoms with van der Waals surface area (Å²) in [5.41, 5.74) is 1.65. The van der Waals surface area contributed by atoms with Crippen LogP contribution in [-0.2, 0) is 11.3 Å². The maximum Gasteiger partial charge on any atom is 0.262 e. The Balaban J connectivity index is 1.99. The normalized spacial score (nSPS) is 11.3. The molecule has 0 fully saturated rings. The fourth-order valence-corrected chi connectivity index (χ4v) is 4.11. The first-order chi connectivity index (χ1) is 14.0. The van der Waals surface area contributed by atoms with Gasteiger partial charge in [0.2, 0.25) is 11.7 Å². The molecule has 154 valence electrons. The van der Waals surface area contributed by atoms with Crippen LogP contribution in [0.15, 0.2) is 46.4 Å². The zero-order valence-electron chi connectivity index (χ0n) is 17.2. The molecule has 29 heavy (non-hydrogen) atoms. The van der Waals surface area contributed by atoms with E-state index in [0.29, 0.717) is 36.0 Å². The molecule has 8 heteroatoms. The van der Waals surface area contributed by atoms with E-state index in [1.807, 2.05) is 42.5 Å². The van der Waals surface area contributed by atoms with Crippen LogP contribution >= 0.6 is 11.8 Å². The zero-order valence-corrected chi connectivity index (χ0v) is 18.0. The maximum absolute atomic E-state index is 13.0. The van der Waals surface area contributed by atoms with Crippen molar-refractivity contribution in [1.82, 2.24) is 24.1 Å². The van der Waals surface area contributed by atoms with E-state index in [2.05, 4.69) is 23.7 Å².